The number of halogens is 1. The highest BCUT2D eigenvalue weighted by atomic mass is 35.5. The van der Waals surface area contributed by atoms with Crippen molar-refractivity contribution in [3.8, 4) is 0 Å². The van der Waals surface area contributed by atoms with Crippen molar-refractivity contribution >= 4 is 41.3 Å². The van der Waals surface area contributed by atoms with Crippen molar-refractivity contribution in [2.75, 3.05) is 18.2 Å². The second-order valence-corrected chi connectivity index (χ2v) is 9.02. The third-order valence-electron chi connectivity index (χ3n) is 4.19. The van der Waals surface area contributed by atoms with Crippen LogP contribution in [0.3, 0.4) is 0 Å². The van der Waals surface area contributed by atoms with Crippen LogP contribution < -0.4 is 5.32 Å². The van der Waals surface area contributed by atoms with Crippen molar-refractivity contribution in [2.45, 2.75) is 47.2 Å². The largest absolute Gasteiger partial charge is 0.354 e. The van der Waals surface area contributed by atoms with E-state index in [9.17, 15) is 9.59 Å². The van der Waals surface area contributed by atoms with Crippen LogP contribution in [0.4, 0.5) is 0 Å². The summed E-state index contributed by atoms with van der Waals surface area (Å²) < 4.78 is 1.76. The van der Waals surface area contributed by atoms with Crippen molar-refractivity contribution in [1.82, 2.24) is 20.0 Å². The predicted octanol–water partition coefficient (Wildman–Crippen LogP) is 3.19. The van der Waals surface area contributed by atoms with Crippen LogP contribution in [0.5, 0.6) is 0 Å². The molecule has 1 aromatic rings. The van der Waals surface area contributed by atoms with Gasteiger partial charge in [-0.25, -0.2) is 0 Å². The fraction of sp³-hybridized carbons (Fsp3) is 0.632. The highest BCUT2D eigenvalue weighted by Crippen LogP contribution is 2.24. The van der Waals surface area contributed by atoms with E-state index in [0.29, 0.717) is 35.2 Å². The molecule has 0 aliphatic carbocycles. The molecule has 27 heavy (non-hydrogen) atoms. The van der Waals surface area contributed by atoms with E-state index in [4.69, 9.17) is 11.6 Å². The van der Waals surface area contributed by atoms with Crippen LogP contribution in [0, 0.1) is 18.8 Å². The van der Waals surface area contributed by atoms with Gasteiger partial charge < -0.3 is 10.2 Å². The minimum Gasteiger partial charge on any atom is -0.354 e. The third kappa shape index (κ3) is 5.75. The average Bonchev–Trinajstić information content (AvgIpc) is 3.16. The first-order chi connectivity index (χ1) is 12.7. The lowest BCUT2D eigenvalue weighted by atomic mass is 10.2. The molecule has 2 heterocycles. The van der Waals surface area contributed by atoms with E-state index in [1.165, 1.54) is 6.08 Å². The molecule has 1 fully saturated rings. The van der Waals surface area contributed by atoms with E-state index >= 15 is 0 Å². The number of aromatic nitrogens is 2. The second-order valence-electron chi connectivity index (χ2n) is 7.66. The predicted molar refractivity (Wildman–Crippen MR) is 112 cm³/mol. The Hall–Kier alpha value is -1.47. The van der Waals surface area contributed by atoms with Crippen LogP contribution >= 0.6 is 23.4 Å². The van der Waals surface area contributed by atoms with Gasteiger partial charge in [-0.2, -0.15) is 5.10 Å². The molecule has 1 N–H and O–H groups in total. The summed E-state index contributed by atoms with van der Waals surface area (Å²) in [5.74, 6) is 1.66. The zero-order chi connectivity index (χ0) is 20.1. The SMILES string of the molecule is Cc1nn(CC(C)C)c(Cl)c1C=CC(=O)N1CSCC1C(=O)NCC(C)C. The quantitative estimate of drug-likeness (QED) is 0.698. The number of rotatable bonds is 7. The number of carbonyl (C=O) groups is 2. The molecule has 1 unspecified atom stereocenters. The summed E-state index contributed by atoms with van der Waals surface area (Å²) in [5.41, 5.74) is 1.53. The third-order valence-corrected chi connectivity index (χ3v) is 5.60. The second kappa shape index (κ2) is 9.64. The molecule has 1 aliphatic heterocycles. The maximum absolute atomic E-state index is 12.7. The Balaban J connectivity index is 2.07. The van der Waals surface area contributed by atoms with Crippen molar-refractivity contribution < 1.29 is 9.59 Å². The van der Waals surface area contributed by atoms with Crippen LogP contribution in [0.1, 0.15) is 39.0 Å². The summed E-state index contributed by atoms with van der Waals surface area (Å²) in [4.78, 5) is 26.6. The number of thioether (sulfide) groups is 1. The number of aryl methyl sites for hydroxylation is 1. The van der Waals surface area contributed by atoms with E-state index in [1.807, 2.05) is 20.8 Å². The zero-order valence-corrected chi connectivity index (χ0v) is 18.2. The number of nitrogens with zero attached hydrogens (tertiary/aromatic N) is 3. The van der Waals surface area contributed by atoms with Gasteiger partial charge in [0.15, 0.2) is 0 Å². The first-order valence-electron chi connectivity index (χ1n) is 9.27. The Morgan fingerprint density at radius 3 is 2.67 bits per heavy atom. The smallest absolute Gasteiger partial charge is 0.247 e. The summed E-state index contributed by atoms with van der Waals surface area (Å²) in [5, 5.41) is 7.90. The first kappa shape index (κ1) is 21.8. The molecule has 0 bridgehead atoms. The zero-order valence-electron chi connectivity index (χ0n) is 16.7. The fourth-order valence-electron chi connectivity index (χ4n) is 2.77. The first-order valence-corrected chi connectivity index (χ1v) is 10.8. The van der Waals surface area contributed by atoms with Crippen LogP contribution in [-0.2, 0) is 16.1 Å². The topological polar surface area (TPSA) is 67.2 Å². The van der Waals surface area contributed by atoms with E-state index in [0.717, 1.165) is 17.8 Å². The molecule has 6 nitrogen and oxygen atoms in total. The van der Waals surface area contributed by atoms with E-state index in [1.54, 1.807) is 27.4 Å². The van der Waals surface area contributed by atoms with Gasteiger partial charge in [0.2, 0.25) is 11.8 Å². The number of hydrogen-bond acceptors (Lipinski definition) is 4. The Bertz CT molecular complexity index is 715. The molecule has 2 amide bonds. The van der Waals surface area contributed by atoms with Gasteiger partial charge in [0.1, 0.15) is 11.2 Å². The normalized spacial score (nSPS) is 17.5. The molecule has 0 saturated carbocycles. The van der Waals surface area contributed by atoms with E-state index < -0.39 is 6.04 Å². The number of carbonyl (C=O) groups excluding carboxylic acids is 2. The molecule has 0 spiro atoms. The van der Waals surface area contributed by atoms with Gasteiger partial charge in [-0.3, -0.25) is 14.3 Å². The van der Waals surface area contributed by atoms with Gasteiger partial charge in [-0.05, 0) is 24.8 Å². The van der Waals surface area contributed by atoms with Crippen molar-refractivity contribution in [3.05, 3.63) is 22.5 Å². The standard InChI is InChI=1S/C19H29ClN4O2S/c1-12(2)8-21-19(26)16-10-27-11-23(16)17(25)7-6-15-14(5)22-24(18(15)20)9-13(3)4/h6-7,12-13,16H,8-11H2,1-5H3,(H,21,26). The van der Waals surface area contributed by atoms with Crippen LogP contribution in [0.25, 0.3) is 6.08 Å². The lowest BCUT2D eigenvalue weighted by Crippen LogP contribution is -2.47. The molecule has 0 radical (unpaired) electrons. The van der Waals surface area contributed by atoms with Gasteiger partial charge in [0.05, 0.1) is 11.6 Å². The monoisotopic (exact) mass is 412 g/mol. The maximum atomic E-state index is 12.7. The molecule has 1 aliphatic rings. The Morgan fingerprint density at radius 1 is 1.33 bits per heavy atom. The molecule has 1 atom stereocenters. The Kier molecular flexibility index (Phi) is 7.79. The van der Waals surface area contributed by atoms with Gasteiger partial charge >= 0.3 is 0 Å². The van der Waals surface area contributed by atoms with Crippen LogP contribution in [0.2, 0.25) is 5.15 Å². The fourth-order valence-corrected chi connectivity index (χ4v) is 4.24. The van der Waals surface area contributed by atoms with Crippen molar-refractivity contribution in [3.63, 3.8) is 0 Å². The van der Waals surface area contributed by atoms with E-state index in [2.05, 4.69) is 24.3 Å². The summed E-state index contributed by atoms with van der Waals surface area (Å²) in [6.07, 6.45) is 3.19. The van der Waals surface area contributed by atoms with Gasteiger partial charge in [0, 0.05) is 30.5 Å². The minimum absolute atomic E-state index is 0.0885. The van der Waals surface area contributed by atoms with Crippen LogP contribution in [0.15, 0.2) is 6.08 Å². The van der Waals surface area contributed by atoms with Gasteiger partial charge in [-0.15, -0.1) is 11.8 Å². The summed E-state index contributed by atoms with van der Waals surface area (Å²) >= 11 is 8.01. The summed E-state index contributed by atoms with van der Waals surface area (Å²) in [6.45, 7) is 11.5. The lowest BCUT2D eigenvalue weighted by molar-refractivity contribution is -0.134. The number of hydrogen-bond donors (Lipinski definition) is 1. The molecular weight excluding hydrogens is 384 g/mol. The van der Waals surface area contributed by atoms with Gasteiger partial charge in [0.25, 0.3) is 0 Å². The highest BCUT2D eigenvalue weighted by Gasteiger charge is 2.33. The highest BCUT2D eigenvalue weighted by molar-refractivity contribution is 7.99. The van der Waals surface area contributed by atoms with Crippen LogP contribution in [-0.4, -0.2) is 50.7 Å². The number of nitrogens with one attached hydrogen (secondary N) is 1. The molecule has 150 valence electrons. The molecule has 1 aromatic heterocycles. The van der Waals surface area contributed by atoms with E-state index in [-0.39, 0.29) is 11.8 Å². The Labute approximate surface area is 170 Å². The van der Waals surface area contributed by atoms with Crippen molar-refractivity contribution in [1.29, 1.82) is 0 Å². The molecule has 2 rings (SSSR count). The molecular formula is C19H29ClN4O2S. The molecule has 0 aromatic carbocycles. The Morgan fingerprint density at radius 2 is 2.04 bits per heavy atom. The number of amides is 2. The van der Waals surface area contributed by atoms with Gasteiger partial charge in [-0.1, -0.05) is 39.3 Å². The van der Waals surface area contributed by atoms with Crippen molar-refractivity contribution in [2.24, 2.45) is 11.8 Å². The molecule has 1 saturated heterocycles. The summed E-state index contributed by atoms with van der Waals surface area (Å²) in [7, 11) is 0. The lowest BCUT2D eigenvalue weighted by Gasteiger charge is -2.22. The summed E-state index contributed by atoms with van der Waals surface area (Å²) in [6, 6.07) is -0.425. The average molecular weight is 413 g/mol. The minimum atomic E-state index is -0.425. The molecule has 8 heteroatoms. The maximum Gasteiger partial charge on any atom is 0.247 e.